The van der Waals surface area contributed by atoms with Crippen LogP contribution in [0.4, 0.5) is 0 Å². The molecule has 2 nitrogen and oxygen atoms in total. The van der Waals surface area contributed by atoms with Gasteiger partial charge in [0.1, 0.15) is 0 Å². The lowest BCUT2D eigenvalue weighted by Gasteiger charge is -2.26. The van der Waals surface area contributed by atoms with Crippen molar-refractivity contribution in [3.05, 3.63) is 0 Å². The molecule has 0 saturated carbocycles. The molecule has 0 aromatic carbocycles. The summed E-state index contributed by atoms with van der Waals surface area (Å²) in [6.07, 6.45) is 2.22. The van der Waals surface area contributed by atoms with Crippen LogP contribution in [-0.2, 0) is 4.74 Å². The van der Waals surface area contributed by atoms with E-state index in [2.05, 4.69) is 32.6 Å². The van der Waals surface area contributed by atoms with Crippen molar-refractivity contribution in [2.45, 2.75) is 46.6 Å². The maximum absolute atomic E-state index is 5.71. The van der Waals surface area contributed by atoms with Gasteiger partial charge in [0.15, 0.2) is 0 Å². The third-order valence-corrected chi connectivity index (χ3v) is 2.94. The molecule has 0 aliphatic rings. The van der Waals surface area contributed by atoms with Gasteiger partial charge in [0, 0.05) is 25.1 Å². The molecule has 0 fully saturated rings. The van der Waals surface area contributed by atoms with Gasteiger partial charge in [-0.1, -0.05) is 13.8 Å². The average molecular weight is 250 g/mol. The SMILES string of the molecule is CC(C)CCOCCN(CCCCl)C(C)C. The highest BCUT2D eigenvalue weighted by atomic mass is 35.5. The van der Waals surface area contributed by atoms with Crippen LogP contribution in [0.15, 0.2) is 0 Å². The van der Waals surface area contributed by atoms with Crippen molar-refractivity contribution in [1.29, 1.82) is 0 Å². The minimum atomic E-state index is 0.580. The van der Waals surface area contributed by atoms with Gasteiger partial charge < -0.3 is 4.74 Å². The Kier molecular flexibility index (Phi) is 10.5. The summed E-state index contributed by atoms with van der Waals surface area (Å²) < 4.78 is 5.63. The Labute approximate surface area is 106 Å². The van der Waals surface area contributed by atoms with Gasteiger partial charge >= 0.3 is 0 Å². The first-order valence-electron chi connectivity index (χ1n) is 6.45. The fourth-order valence-electron chi connectivity index (χ4n) is 1.49. The zero-order chi connectivity index (χ0) is 12.4. The standard InChI is InChI=1S/C13H28ClNO/c1-12(2)6-10-16-11-9-15(13(3)4)8-5-7-14/h12-13H,5-11H2,1-4H3. The molecule has 98 valence electrons. The van der Waals surface area contributed by atoms with Crippen molar-refractivity contribution in [2.75, 3.05) is 32.2 Å². The first-order chi connectivity index (χ1) is 7.57. The summed E-state index contributed by atoms with van der Waals surface area (Å²) in [5.41, 5.74) is 0. The molecule has 0 rings (SSSR count). The summed E-state index contributed by atoms with van der Waals surface area (Å²) in [5.74, 6) is 1.48. The topological polar surface area (TPSA) is 12.5 Å². The second-order valence-corrected chi connectivity index (χ2v) is 5.35. The van der Waals surface area contributed by atoms with Gasteiger partial charge in [-0.25, -0.2) is 0 Å². The molecule has 0 aromatic heterocycles. The number of alkyl halides is 1. The van der Waals surface area contributed by atoms with Gasteiger partial charge in [0.05, 0.1) is 6.61 Å². The van der Waals surface area contributed by atoms with E-state index in [1.54, 1.807) is 0 Å². The molecule has 0 atom stereocenters. The first kappa shape index (κ1) is 16.2. The number of halogens is 1. The molecular formula is C13H28ClNO. The van der Waals surface area contributed by atoms with Crippen LogP contribution in [0.3, 0.4) is 0 Å². The Morgan fingerprint density at radius 2 is 1.75 bits per heavy atom. The summed E-state index contributed by atoms with van der Waals surface area (Å²) in [7, 11) is 0. The molecule has 0 aliphatic carbocycles. The van der Waals surface area contributed by atoms with E-state index in [1.807, 2.05) is 0 Å². The molecule has 0 bridgehead atoms. The summed E-state index contributed by atoms with van der Waals surface area (Å²) in [5, 5.41) is 0. The minimum absolute atomic E-state index is 0.580. The molecule has 16 heavy (non-hydrogen) atoms. The van der Waals surface area contributed by atoms with Crippen LogP contribution in [0.2, 0.25) is 0 Å². The predicted octanol–water partition coefficient (Wildman–Crippen LogP) is 3.39. The van der Waals surface area contributed by atoms with Crippen LogP contribution in [0.5, 0.6) is 0 Å². The average Bonchev–Trinajstić information content (AvgIpc) is 2.21. The Balaban J connectivity index is 3.52. The molecule has 0 aromatic rings. The Morgan fingerprint density at radius 1 is 1.06 bits per heavy atom. The molecule has 0 radical (unpaired) electrons. The molecule has 3 heteroatoms. The number of hydrogen-bond acceptors (Lipinski definition) is 2. The van der Waals surface area contributed by atoms with Crippen molar-refractivity contribution in [1.82, 2.24) is 4.90 Å². The molecule has 0 aliphatic heterocycles. The predicted molar refractivity (Wildman–Crippen MR) is 72.3 cm³/mol. The van der Waals surface area contributed by atoms with Gasteiger partial charge in [-0.15, -0.1) is 11.6 Å². The van der Waals surface area contributed by atoms with Crippen molar-refractivity contribution >= 4 is 11.6 Å². The number of hydrogen-bond donors (Lipinski definition) is 0. The molecule has 0 saturated heterocycles. The third-order valence-electron chi connectivity index (χ3n) is 2.67. The Hall–Kier alpha value is 0.210. The quantitative estimate of drug-likeness (QED) is 0.435. The second kappa shape index (κ2) is 10.4. The lowest BCUT2D eigenvalue weighted by atomic mass is 10.1. The van der Waals surface area contributed by atoms with Gasteiger partial charge in [-0.3, -0.25) is 4.90 Å². The highest BCUT2D eigenvalue weighted by Gasteiger charge is 2.08. The molecule has 0 N–H and O–H groups in total. The fourth-order valence-corrected chi connectivity index (χ4v) is 1.61. The van der Waals surface area contributed by atoms with Crippen LogP contribution in [-0.4, -0.2) is 43.1 Å². The van der Waals surface area contributed by atoms with Crippen LogP contribution in [0.1, 0.15) is 40.5 Å². The van der Waals surface area contributed by atoms with E-state index in [4.69, 9.17) is 16.3 Å². The second-order valence-electron chi connectivity index (χ2n) is 4.97. The maximum Gasteiger partial charge on any atom is 0.0593 e. The van der Waals surface area contributed by atoms with Gasteiger partial charge in [-0.05, 0) is 39.2 Å². The van der Waals surface area contributed by atoms with E-state index in [9.17, 15) is 0 Å². The van der Waals surface area contributed by atoms with Crippen molar-refractivity contribution < 1.29 is 4.74 Å². The van der Waals surface area contributed by atoms with Crippen LogP contribution >= 0.6 is 11.6 Å². The van der Waals surface area contributed by atoms with E-state index in [1.165, 1.54) is 0 Å². The summed E-state index contributed by atoms with van der Waals surface area (Å²) in [6, 6.07) is 0.580. The summed E-state index contributed by atoms with van der Waals surface area (Å²) in [4.78, 5) is 2.43. The fraction of sp³-hybridized carbons (Fsp3) is 1.00. The summed E-state index contributed by atoms with van der Waals surface area (Å²) >= 11 is 5.71. The summed E-state index contributed by atoms with van der Waals surface area (Å²) in [6.45, 7) is 12.7. The largest absolute Gasteiger partial charge is 0.380 e. The zero-order valence-electron chi connectivity index (χ0n) is 11.3. The molecular weight excluding hydrogens is 222 g/mol. The Bertz CT molecular complexity index is 151. The first-order valence-corrected chi connectivity index (χ1v) is 6.99. The van der Waals surface area contributed by atoms with Crippen molar-refractivity contribution in [3.63, 3.8) is 0 Å². The lowest BCUT2D eigenvalue weighted by Crippen LogP contribution is -2.35. The maximum atomic E-state index is 5.71. The molecule has 0 amide bonds. The number of rotatable bonds is 10. The monoisotopic (exact) mass is 249 g/mol. The van der Waals surface area contributed by atoms with Gasteiger partial charge in [-0.2, -0.15) is 0 Å². The highest BCUT2D eigenvalue weighted by molar-refractivity contribution is 6.17. The van der Waals surface area contributed by atoms with E-state index < -0.39 is 0 Å². The van der Waals surface area contributed by atoms with Crippen molar-refractivity contribution in [3.8, 4) is 0 Å². The normalized spacial score (nSPS) is 12.0. The van der Waals surface area contributed by atoms with E-state index in [-0.39, 0.29) is 0 Å². The van der Waals surface area contributed by atoms with Crippen LogP contribution in [0, 0.1) is 5.92 Å². The van der Waals surface area contributed by atoms with E-state index in [0.717, 1.165) is 50.9 Å². The van der Waals surface area contributed by atoms with E-state index >= 15 is 0 Å². The van der Waals surface area contributed by atoms with Crippen LogP contribution < -0.4 is 0 Å². The zero-order valence-corrected chi connectivity index (χ0v) is 12.1. The highest BCUT2D eigenvalue weighted by Crippen LogP contribution is 2.02. The number of nitrogens with zero attached hydrogens (tertiary/aromatic N) is 1. The molecule has 0 heterocycles. The Morgan fingerprint density at radius 3 is 2.25 bits per heavy atom. The smallest absolute Gasteiger partial charge is 0.0593 e. The van der Waals surface area contributed by atoms with Gasteiger partial charge in [0.25, 0.3) is 0 Å². The lowest BCUT2D eigenvalue weighted by molar-refractivity contribution is 0.0863. The van der Waals surface area contributed by atoms with Crippen LogP contribution in [0.25, 0.3) is 0 Å². The molecule has 0 spiro atoms. The minimum Gasteiger partial charge on any atom is -0.380 e. The van der Waals surface area contributed by atoms with E-state index in [0.29, 0.717) is 6.04 Å². The molecule has 0 unspecified atom stereocenters. The van der Waals surface area contributed by atoms with Gasteiger partial charge in [0.2, 0.25) is 0 Å². The third kappa shape index (κ3) is 9.44. The van der Waals surface area contributed by atoms with Crippen molar-refractivity contribution in [2.24, 2.45) is 5.92 Å². The number of ether oxygens (including phenoxy) is 1.